The minimum atomic E-state index is 0.0572. The number of rotatable bonds is 3. The van der Waals surface area contributed by atoms with Gasteiger partial charge in [-0.3, -0.25) is 0 Å². The molecule has 0 bridgehead atoms. The van der Waals surface area contributed by atoms with Gasteiger partial charge in [0.1, 0.15) is 0 Å². The van der Waals surface area contributed by atoms with Gasteiger partial charge >= 0.3 is 0 Å². The Morgan fingerprint density at radius 2 is 2.29 bits per heavy atom. The van der Waals surface area contributed by atoms with E-state index in [-0.39, 0.29) is 5.92 Å². The van der Waals surface area contributed by atoms with E-state index in [1.165, 1.54) is 5.56 Å². The molecule has 2 nitrogen and oxygen atoms in total. The molecular formula is C11H13BrN2. The maximum atomic E-state index is 8.69. The van der Waals surface area contributed by atoms with Crippen LogP contribution in [0.2, 0.25) is 0 Å². The van der Waals surface area contributed by atoms with E-state index in [4.69, 9.17) is 11.0 Å². The Morgan fingerprint density at radius 3 is 2.86 bits per heavy atom. The fraction of sp³-hybridized carbons (Fsp3) is 0.364. The van der Waals surface area contributed by atoms with Crippen molar-refractivity contribution in [3.05, 3.63) is 33.8 Å². The summed E-state index contributed by atoms with van der Waals surface area (Å²) in [6, 6.07) is 8.29. The van der Waals surface area contributed by atoms with Gasteiger partial charge in [0, 0.05) is 16.9 Å². The van der Waals surface area contributed by atoms with E-state index in [0.29, 0.717) is 6.54 Å². The van der Waals surface area contributed by atoms with Crippen LogP contribution in [0.1, 0.15) is 18.1 Å². The van der Waals surface area contributed by atoms with Crippen LogP contribution in [-0.4, -0.2) is 0 Å². The molecule has 0 radical (unpaired) electrons. The molecule has 0 fully saturated rings. The molecule has 0 aliphatic carbocycles. The quantitative estimate of drug-likeness (QED) is 0.900. The van der Waals surface area contributed by atoms with E-state index in [9.17, 15) is 0 Å². The number of nitrogens with two attached hydrogens (primary N) is 1. The Bertz CT molecular complexity index is 355. The fourth-order valence-electron chi connectivity index (χ4n) is 1.31. The molecule has 0 aliphatic heterocycles. The molecule has 0 aromatic heterocycles. The molecule has 0 saturated carbocycles. The maximum Gasteiger partial charge on any atom is 0.0656 e. The molecule has 0 saturated heterocycles. The topological polar surface area (TPSA) is 49.8 Å². The molecule has 14 heavy (non-hydrogen) atoms. The average molecular weight is 253 g/mol. The minimum Gasteiger partial charge on any atom is -0.326 e. The zero-order valence-electron chi connectivity index (χ0n) is 8.13. The van der Waals surface area contributed by atoms with E-state index in [1.807, 2.05) is 19.1 Å². The monoisotopic (exact) mass is 252 g/mol. The molecule has 1 unspecified atom stereocenters. The van der Waals surface area contributed by atoms with Gasteiger partial charge in [-0.15, -0.1) is 0 Å². The van der Waals surface area contributed by atoms with Gasteiger partial charge in [-0.1, -0.05) is 28.1 Å². The molecule has 74 valence electrons. The van der Waals surface area contributed by atoms with Crippen LogP contribution in [0.5, 0.6) is 0 Å². The van der Waals surface area contributed by atoms with Crippen molar-refractivity contribution in [2.45, 2.75) is 19.9 Å². The third kappa shape index (κ3) is 2.83. The maximum absolute atomic E-state index is 8.69. The van der Waals surface area contributed by atoms with Crippen molar-refractivity contribution < 1.29 is 0 Å². The Hall–Kier alpha value is -0.850. The number of hydrogen-bond acceptors (Lipinski definition) is 2. The predicted octanol–water partition coefficient (Wildman–Crippen LogP) is 2.61. The van der Waals surface area contributed by atoms with Crippen molar-refractivity contribution in [3.8, 4) is 6.07 Å². The van der Waals surface area contributed by atoms with E-state index in [0.717, 1.165) is 16.5 Å². The summed E-state index contributed by atoms with van der Waals surface area (Å²) in [5, 5.41) is 8.69. The molecule has 3 heteroatoms. The summed E-state index contributed by atoms with van der Waals surface area (Å²) >= 11 is 3.43. The summed E-state index contributed by atoms with van der Waals surface area (Å²) < 4.78 is 1.04. The predicted molar refractivity (Wildman–Crippen MR) is 60.5 cm³/mol. The van der Waals surface area contributed by atoms with Crippen molar-refractivity contribution in [2.75, 3.05) is 0 Å². The van der Waals surface area contributed by atoms with Gasteiger partial charge in [0.15, 0.2) is 0 Å². The third-order valence-electron chi connectivity index (χ3n) is 2.09. The lowest BCUT2D eigenvalue weighted by Crippen LogP contribution is -2.01. The smallest absolute Gasteiger partial charge is 0.0656 e. The Balaban J connectivity index is 2.85. The van der Waals surface area contributed by atoms with Gasteiger partial charge in [-0.2, -0.15) is 5.26 Å². The van der Waals surface area contributed by atoms with Crippen LogP contribution in [0.15, 0.2) is 22.7 Å². The molecule has 0 heterocycles. The van der Waals surface area contributed by atoms with Crippen LogP contribution in [0, 0.1) is 17.2 Å². The Labute approximate surface area is 92.9 Å². The van der Waals surface area contributed by atoms with Crippen molar-refractivity contribution in [1.82, 2.24) is 0 Å². The minimum absolute atomic E-state index is 0.0572. The lowest BCUT2D eigenvalue weighted by atomic mass is 10.0. The summed E-state index contributed by atoms with van der Waals surface area (Å²) in [7, 11) is 0. The van der Waals surface area contributed by atoms with Crippen molar-refractivity contribution in [3.63, 3.8) is 0 Å². The summed E-state index contributed by atoms with van der Waals surface area (Å²) in [6.07, 6.45) is 0.788. The lowest BCUT2D eigenvalue weighted by Gasteiger charge is -2.06. The van der Waals surface area contributed by atoms with Gasteiger partial charge in [-0.05, 0) is 30.5 Å². The summed E-state index contributed by atoms with van der Waals surface area (Å²) in [5.41, 5.74) is 7.85. The highest BCUT2D eigenvalue weighted by molar-refractivity contribution is 9.10. The normalized spacial score (nSPS) is 12.1. The second kappa shape index (κ2) is 5.14. The highest BCUT2D eigenvalue weighted by Crippen LogP contribution is 2.19. The molecule has 1 atom stereocenters. The SMILES string of the molecule is CC(C#N)Cc1ccc(Br)c(CN)c1. The number of halogens is 1. The lowest BCUT2D eigenvalue weighted by molar-refractivity contribution is 0.737. The van der Waals surface area contributed by atoms with Crippen LogP contribution >= 0.6 is 15.9 Å². The second-order valence-electron chi connectivity index (χ2n) is 3.36. The van der Waals surface area contributed by atoms with Crippen LogP contribution < -0.4 is 5.73 Å². The van der Waals surface area contributed by atoms with Gasteiger partial charge in [0.2, 0.25) is 0 Å². The van der Waals surface area contributed by atoms with Crippen LogP contribution in [0.3, 0.4) is 0 Å². The zero-order valence-corrected chi connectivity index (χ0v) is 9.71. The molecular weight excluding hydrogens is 240 g/mol. The fourth-order valence-corrected chi connectivity index (χ4v) is 1.72. The van der Waals surface area contributed by atoms with Gasteiger partial charge in [0.25, 0.3) is 0 Å². The van der Waals surface area contributed by atoms with Crippen molar-refractivity contribution >= 4 is 15.9 Å². The highest BCUT2D eigenvalue weighted by atomic mass is 79.9. The number of nitriles is 1. The van der Waals surface area contributed by atoms with Crippen LogP contribution in [-0.2, 0) is 13.0 Å². The third-order valence-corrected chi connectivity index (χ3v) is 2.87. The molecule has 0 amide bonds. The van der Waals surface area contributed by atoms with E-state index in [1.54, 1.807) is 0 Å². The van der Waals surface area contributed by atoms with E-state index in [2.05, 4.69) is 28.1 Å². The Kier molecular flexibility index (Phi) is 4.12. The van der Waals surface area contributed by atoms with E-state index < -0.39 is 0 Å². The van der Waals surface area contributed by atoms with E-state index >= 15 is 0 Å². The molecule has 0 aliphatic rings. The first-order valence-electron chi connectivity index (χ1n) is 4.54. The van der Waals surface area contributed by atoms with Crippen molar-refractivity contribution in [2.24, 2.45) is 11.7 Å². The number of nitrogens with zero attached hydrogens (tertiary/aromatic N) is 1. The van der Waals surface area contributed by atoms with Gasteiger partial charge in [0.05, 0.1) is 6.07 Å². The second-order valence-corrected chi connectivity index (χ2v) is 4.22. The standard InChI is InChI=1S/C11H13BrN2/c1-8(6-13)4-9-2-3-11(12)10(5-9)7-14/h2-3,5,8H,4,7,14H2,1H3. The van der Waals surface area contributed by atoms with Crippen LogP contribution in [0.25, 0.3) is 0 Å². The zero-order chi connectivity index (χ0) is 10.6. The molecule has 1 aromatic carbocycles. The first-order chi connectivity index (χ1) is 6.67. The largest absolute Gasteiger partial charge is 0.326 e. The molecule has 0 spiro atoms. The molecule has 1 aromatic rings. The summed E-state index contributed by atoms with van der Waals surface area (Å²) in [5.74, 6) is 0.0572. The van der Waals surface area contributed by atoms with Crippen molar-refractivity contribution in [1.29, 1.82) is 5.26 Å². The van der Waals surface area contributed by atoms with Gasteiger partial charge in [-0.25, -0.2) is 0 Å². The number of benzene rings is 1. The van der Waals surface area contributed by atoms with Gasteiger partial charge < -0.3 is 5.73 Å². The Morgan fingerprint density at radius 1 is 1.57 bits per heavy atom. The first-order valence-corrected chi connectivity index (χ1v) is 5.33. The highest BCUT2D eigenvalue weighted by Gasteiger charge is 2.04. The molecule has 1 rings (SSSR count). The summed E-state index contributed by atoms with van der Waals surface area (Å²) in [4.78, 5) is 0. The first kappa shape index (κ1) is 11.2. The average Bonchev–Trinajstić information content (AvgIpc) is 2.20. The van der Waals surface area contributed by atoms with Crippen LogP contribution in [0.4, 0.5) is 0 Å². The molecule has 2 N–H and O–H groups in total. The number of hydrogen-bond donors (Lipinski definition) is 1. The summed E-state index contributed by atoms with van der Waals surface area (Å²) in [6.45, 7) is 2.44.